The van der Waals surface area contributed by atoms with Gasteiger partial charge in [0.2, 0.25) is 5.78 Å². The number of ketones is 1. The van der Waals surface area contributed by atoms with Crippen molar-refractivity contribution in [2.24, 2.45) is 0 Å². The third-order valence-electron chi connectivity index (χ3n) is 4.89. The van der Waals surface area contributed by atoms with Crippen LogP contribution in [0, 0.1) is 13.8 Å². The van der Waals surface area contributed by atoms with Gasteiger partial charge in [-0.1, -0.05) is 22.0 Å². The number of hydrogen-bond donors (Lipinski definition) is 1. The molecule has 1 fully saturated rings. The molecule has 0 unspecified atom stereocenters. The molecule has 0 spiro atoms. The van der Waals surface area contributed by atoms with Gasteiger partial charge in [0, 0.05) is 27.1 Å². The first-order valence-electron chi connectivity index (χ1n) is 9.29. The van der Waals surface area contributed by atoms with Crippen LogP contribution in [0.3, 0.4) is 0 Å². The number of aryl methyl sites for hydroxylation is 1. The average molecular weight is 476 g/mol. The van der Waals surface area contributed by atoms with E-state index < -0.39 is 36.6 Å². The van der Waals surface area contributed by atoms with Crippen LogP contribution in [0.1, 0.15) is 35.6 Å². The largest absolute Gasteiger partial charge is 0.456 e. The van der Waals surface area contributed by atoms with Crippen molar-refractivity contribution in [1.29, 1.82) is 0 Å². The van der Waals surface area contributed by atoms with E-state index in [9.17, 15) is 19.2 Å². The number of amides is 3. The van der Waals surface area contributed by atoms with Crippen LogP contribution in [-0.4, -0.2) is 51.8 Å². The molecule has 1 saturated heterocycles. The summed E-state index contributed by atoms with van der Waals surface area (Å²) in [5.41, 5.74) is 1.86. The second kappa shape index (κ2) is 8.06. The highest BCUT2D eigenvalue weighted by Gasteiger charge is 2.45. The molecule has 3 amide bonds. The quantitative estimate of drug-likeness (QED) is 0.393. The van der Waals surface area contributed by atoms with Crippen molar-refractivity contribution in [3.63, 3.8) is 0 Å². The predicted octanol–water partition coefficient (Wildman–Crippen LogP) is 2.91. The van der Waals surface area contributed by atoms with Crippen molar-refractivity contribution in [3.8, 4) is 5.69 Å². The minimum absolute atomic E-state index is 0.366. The van der Waals surface area contributed by atoms with E-state index in [-0.39, 0.29) is 5.78 Å². The Bertz CT molecular complexity index is 1060. The first kappa shape index (κ1) is 21.8. The second-order valence-electron chi connectivity index (χ2n) is 7.63. The molecule has 8 nitrogen and oxygen atoms in total. The Labute approximate surface area is 182 Å². The van der Waals surface area contributed by atoms with Gasteiger partial charge in [0.25, 0.3) is 5.91 Å². The molecule has 0 saturated carbocycles. The number of carbonyl (C=O) groups is 4. The number of rotatable bonds is 6. The second-order valence-corrected chi connectivity index (χ2v) is 8.55. The number of halogens is 1. The maximum Gasteiger partial charge on any atom is 0.326 e. The molecule has 2 aromatic rings. The van der Waals surface area contributed by atoms with Crippen molar-refractivity contribution >= 4 is 39.6 Å². The fraction of sp³-hybridized carbons (Fsp3) is 0.333. The number of urea groups is 1. The van der Waals surface area contributed by atoms with E-state index in [0.29, 0.717) is 5.56 Å². The van der Waals surface area contributed by atoms with Crippen LogP contribution in [0.15, 0.2) is 34.8 Å². The SMILES string of the molecule is Cc1cc(C(=O)COC(=O)CN2C(=O)NC(C)(C)C2=O)c(C)n1-c1cccc(Br)c1. The Balaban J connectivity index is 1.67. The summed E-state index contributed by atoms with van der Waals surface area (Å²) >= 11 is 3.44. The molecule has 0 bridgehead atoms. The molecule has 1 aromatic carbocycles. The Morgan fingerprint density at radius 2 is 1.87 bits per heavy atom. The van der Waals surface area contributed by atoms with E-state index in [1.165, 1.54) is 0 Å². The van der Waals surface area contributed by atoms with Gasteiger partial charge in [-0.25, -0.2) is 4.79 Å². The number of benzene rings is 1. The van der Waals surface area contributed by atoms with Crippen LogP contribution in [0.4, 0.5) is 4.79 Å². The summed E-state index contributed by atoms with van der Waals surface area (Å²) in [6.07, 6.45) is 0. The summed E-state index contributed by atoms with van der Waals surface area (Å²) in [6, 6.07) is 8.76. The van der Waals surface area contributed by atoms with Crippen molar-refractivity contribution < 1.29 is 23.9 Å². The summed E-state index contributed by atoms with van der Waals surface area (Å²) in [5, 5.41) is 2.48. The van der Waals surface area contributed by atoms with Crippen molar-refractivity contribution in [2.45, 2.75) is 33.2 Å². The molecule has 1 aromatic heterocycles. The number of hydrogen-bond acceptors (Lipinski definition) is 5. The zero-order chi connectivity index (χ0) is 22.2. The summed E-state index contributed by atoms with van der Waals surface area (Å²) in [7, 11) is 0. The number of nitrogens with zero attached hydrogens (tertiary/aromatic N) is 2. The van der Waals surface area contributed by atoms with Crippen LogP contribution >= 0.6 is 15.9 Å². The molecule has 1 aliphatic rings. The lowest BCUT2D eigenvalue weighted by atomic mass is 10.1. The van der Waals surface area contributed by atoms with Gasteiger partial charge in [-0.2, -0.15) is 0 Å². The highest BCUT2D eigenvalue weighted by Crippen LogP contribution is 2.23. The van der Waals surface area contributed by atoms with Crippen LogP contribution in [0.5, 0.6) is 0 Å². The number of nitrogens with one attached hydrogen (secondary N) is 1. The fourth-order valence-electron chi connectivity index (χ4n) is 3.42. The van der Waals surface area contributed by atoms with E-state index in [0.717, 1.165) is 26.4 Å². The topological polar surface area (TPSA) is 97.7 Å². The lowest BCUT2D eigenvalue weighted by molar-refractivity contribution is -0.146. The van der Waals surface area contributed by atoms with E-state index in [1.54, 1.807) is 19.9 Å². The summed E-state index contributed by atoms with van der Waals surface area (Å²) in [5.74, 6) is -1.71. The van der Waals surface area contributed by atoms with Gasteiger partial charge in [-0.05, 0) is 52.0 Å². The number of imide groups is 1. The van der Waals surface area contributed by atoms with Gasteiger partial charge in [0.15, 0.2) is 6.61 Å². The molecule has 3 rings (SSSR count). The third-order valence-corrected chi connectivity index (χ3v) is 5.39. The van der Waals surface area contributed by atoms with Crippen molar-refractivity contribution in [1.82, 2.24) is 14.8 Å². The molecular formula is C21H22BrN3O5. The Morgan fingerprint density at radius 1 is 1.17 bits per heavy atom. The van der Waals surface area contributed by atoms with Crippen LogP contribution in [0.2, 0.25) is 0 Å². The number of carbonyl (C=O) groups excluding carboxylic acids is 4. The highest BCUT2D eigenvalue weighted by atomic mass is 79.9. The van der Waals surface area contributed by atoms with Gasteiger partial charge in [0.05, 0.1) is 0 Å². The minimum atomic E-state index is -1.07. The molecule has 2 heterocycles. The first-order valence-corrected chi connectivity index (χ1v) is 10.1. The number of Topliss-reactive ketones (excluding diaryl/α,β-unsaturated/α-hetero) is 1. The van der Waals surface area contributed by atoms with Gasteiger partial charge >= 0.3 is 12.0 Å². The van der Waals surface area contributed by atoms with Gasteiger partial charge in [-0.3, -0.25) is 19.3 Å². The lowest BCUT2D eigenvalue weighted by Gasteiger charge is -2.15. The maximum absolute atomic E-state index is 12.6. The molecule has 9 heteroatoms. The molecule has 0 atom stereocenters. The van der Waals surface area contributed by atoms with Crippen LogP contribution < -0.4 is 5.32 Å². The van der Waals surface area contributed by atoms with Crippen LogP contribution in [0.25, 0.3) is 5.69 Å². The lowest BCUT2D eigenvalue weighted by Crippen LogP contribution is -2.41. The zero-order valence-electron chi connectivity index (χ0n) is 17.1. The van der Waals surface area contributed by atoms with E-state index in [1.807, 2.05) is 42.7 Å². The summed E-state index contributed by atoms with van der Waals surface area (Å²) < 4.78 is 7.89. The van der Waals surface area contributed by atoms with Gasteiger partial charge < -0.3 is 14.6 Å². The average Bonchev–Trinajstić information content (AvgIpc) is 3.06. The predicted molar refractivity (Wildman–Crippen MR) is 113 cm³/mol. The monoisotopic (exact) mass is 475 g/mol. The minimum Gasteiger partial charge on any atom is -0.456 e. The summed E-state index contributed by atoms with van der Waals surface area (Å²) in [6.45, 7) is 5.77. The Morgan fingerprint density at radius 3 is 2.47 bits per heavy atom. The maximum atomic E-state index is 12.6. The normalized spacial score (nSPS) is 15.3. The standard InChI is InChI=1S/C21H22BrN3O5/c1-12-8-16(13(2)25(12)15-7-5-6-14(22)9-15)17(26)11-30-18(27)10-24-19(28)21(3,4)23-20(24)29/h5-9H,10-11H2,1-4H3,(H,23,29). The molecular weight excluding hydrogens is 454 g/mol. The Hall–Kier alpha value is -2.94. The first-order chi connectivity index (χ1) is 14.0. The molecule has 158 valence electrons. The number of ether oxygens (including phenoxy) is 1. The number of aromatic nitrogens is 1. The van der Waals surface area contributed by atoms with E-state index in [2.05, 4.69) is 21.2 Å². The molecule has 0 radical (unpaired) electrons. The molecule has 30 heavy (non-hydrogen) atoms. The molecule has 1 aliphatic heterocycles. The number of esters is 1. The zero-order valence-corrected chi connectivity index (χ0v) is 18.7. The van der Waals surface area contributed by atoms with Crippen molar-refractivity contribution in [2.75, 3.05) is 13.2 Å². The smallest absolute Gasteiger partial charge is 0.326 e. The fourth-order valence-corrected chi connectivity index (χ4v) is 3.80. The van der Waals surface area contributed by atoms with E-state index >= 15 is 0 Å². The van der Waals surface area contributed by atoms with Gasteiger partial charge in [0.1, 0.15) is 12.1 Å². The van der Waals surface area contributed by atoms with Gasteiger partial charge in [-0.15, -0.1) is 0 Å². The van der Waals surface area contributed by atoms with Crippen molar-refractivity contribution in [3.05, 3.63) is 51.8 Å². The summed E-state index contributed by atoms with van der Waals surface area (Å²) in [4.78, 5) is 49.5. The third kappa shape index (κ3) is 4.16. The molecule has 1 N–H and O–H groups in total. The van der Waals surface area contributed by atoms with E-state index in [4.69, 9.17) is 4.74 Å². The molecule has 0 aliphatic carbocycles. The van der Waals surface area contributed by atoms with Crippen LogP contribution in [-0.2, 0) is 14.3 Å². The Kier molecular flexibility index (Phi) is 5.85. The highest BCUT2D eigenvalue weighted by molar-refractivity contribution is 9.10.